The molecule has 0 bridgehead atoms. The van der Waals surface area contributed by atoms with Gasteiger partial charge in [-0.2, -0.15) is 5.10 Å². The summed E-state index contributed by atoms with van der Waals surface area (Å²) >= 11 is 12.0. The second-order valence-electron chi connectivity index (χ2n) is 5.09. The van der Waals surface area contributed by atoms with E-state index in [-0.39, 0.29) is 12.1 Å². The van der Waals surface area contributed by atoms with Crippen molar-refractivity contribution in [2.75, 3.05) is 0 Å². The van der Waals surface area contributed by atoms with E-state index in [0.29, 0.717) is 10.0 Å². The van der Waals surface area contributed by atoms with Crippen LogP contribution < -0.4 is 5.32 Å². The first-order valence-corrected chi connectivity index (χ1v) is 7.35. The first-order chi connectivity index (χ1) is 9.40. The van der Waals surface area contributed by atoms with Crippen molar-refractivity contribution in [1.82, 2.24) is 15.1 Å². The van der Waals surface area contributed by atoms with Gasteiger partial charge in [0.15, 0.2) is 0 Å². The van der Waals surface area contributed by atoms with Gasteiger partial charge in [0.1, 0.15) is 0 Å². The Hall–Kier alpha value is -1.03. The largest absolute Gasteiger partial charge is 0.304 e. The molecule has 0 saturated carbocycles. The van der Waals surface area contributed by atoms with E-state index in [2.05, 4.69) is 31.2 Å². The van der Waals surface area contributed by atoms with E-state index < -0.39 is 0 Å². The van der Waals surface area contributed by atoms with Gasteiger partial charge in [0, 0.05) is 30.4 Å². The maximum Gasteiger partial charge on any atom is 0.0595 e. The molecule has 1 aromatic heterocycles. The van der Waals surface area contributed by atoms with Crippen molar-refractivity contribution < 1.29 is 0 Å². The Kier molecular flexibility index (Phi) is 4.74. The van der Waals surface area contributed by atoms with Crippen LogP contribution in [0.4, 0.5) is 0 Å². The van der Waals surface area contributed by atoms with Crippen molar-refractivity contribution in [3.63, 3.8) is 0 Å². The summed E-state index contributed by atoms with van der Waals surface area (Å²) in [6.07, 6.45) is 1.91. The lowest BCUT2D eigenvalue weighted by molar-refractivity contribution is 0.492. The van der Waals surface area contributed by atoms with Gasteiger partial charge in [-0.05, 0) is 38.5 Å². The minimum Gasteiger partial charge on any atom is -0.304 e. The van der Waals surface area contributed by atoms with Crippen molar-refractivity contribution in [2.24, 2.45) is 7.05 Å². The van der Waals surface area contributed by atoms with E-state index in [1.807, 2.05) is 36.1 Å². The first kappa shape index (κ1) is 15.4. The lowest BCUT2D eigenvalue weighted by Crippen LogP contribution is -2.22. The molecule has 1 N–H and O–H groups in total. The summed E-state index contributed by atoms with van der Waals surface area (Å²) in [4.78, 5) is 0. The summed E-state index contributed by atoms with van der Waals surface area (Å²) in [6.45, 7) is 6.32. The van der Waals surface area contributed by atoms with E-state index in [4.69, 9.17) is 23.2 Å². The zero-order valence-electron chi connectivity index (χ0n) is 12.1. The second kappa shape index (κ2) is 6.17. The fourth-order valence-corrected chi connectivity index (χ4v) is 2.59. The van der Waals surface area contributed by atoms with Gasteiger partial charge in [-0.15, -0.1) is 0 Å². The molecule has 2 aromatic rings. The molecular formula is C15H19Cl2N3. The topological polar surface area (TPSA) is 29.9 Å². The number of halogens is 2. The minimum atomic E-state index is 0.180. The maximum absolute atomic E-state index is 6.07. The van der Waals surface area contributed by atoms with Crippen LogP contribution in [0.15, 0.2) is 24.4 Å². The monoisotopic (exact) mass is 311 g/mol. The third-order valence-corrected chi connectivity index (χ3v) is 4.42. The molecule has 0 radical (unpaired) electrons. The van der Waals surface area contributed by atoms with Crippen LogP contribution in [-0.4, -0.2) is 9.78 Å². The number of rotatable bonds is 4. The molecule has 0 aliphatic rings. The van der Waals surface area contributed by atoms with Gasteiger partial charge in [-0.1, -0.05) is 29.3 Å². The number of aromatic nitrogens is 2. The third kappa shape index (κ3) is 3.17. The third-order valence-electron chi connectivity index (χ3n) is 3.68. The summed E-state index contributed by atoms with van der Waals surface area (Å²) in [6, 6.07) is 6.13. The number of nitrogens with one attached hydrogen (secondary N) is 1. The molecule has 0 aliphatic heterocycles. The Labute approximate surface area is 129 Å². The van der Waals surface area contributed by atoms with Crippen LogP contribution in [0.3, 0.4) is 0 Å². The Morgan fingerprint density at radius 3 is 2.40 bits per heavy atom. The summed E-state index contributed by atoms with van der Waals surface area (Å²) in [7, 11) is 1.95. The van der Waals surface area contributed by atoms with E-state index in [9.17, 15) is 0 Å². The molecule has 2 atom stereocenters. The molecular weight excluding hydrogens is 293 g/mol. The highest BCUT2D eigenvalue weighted by molar-refractivity contribution is 6.42. The Morgan fingerprint density at radius 1 is 1.15 bits per heavy atom. The van der Waals surface area contributed by atoms with Crippen LogP contribution in [0.1, 0.15) is 42.8 Å². The molecule has 3 nitrogen and oxygen atoms in total. The van der Waals surface area contributed by atoms with Crippen molar-refractivity contribution in [3.8, 4) is 0 Å². The van der Waals surface area contributed by atoms with Gasteiger partial charge in [0.05, 0.1) is 16.2 Å². The summed E-state index contributed by atoms with van der Waals surface area (Å²) in [5.41, 5.74) is 3.50. The van der Waals surface area contributed by atoms with Crippen LogP contribution in [-0.2, 0) is 7.05 Å². The maximum atomic E-state index is 6.07. The quantitative estimate of drug-likeness (QED) is 0.904. The number of benzene rings is 1. The van der Waals surface area contributed by atoms with Crippen molar-refractivity contribution in [3.05, 3.63) is 51.3 Å². The summed E-state index contributed by atoms with van der Waals surface area (Å²) in [5.74, 6) is 0. The lowest BCUT2D eigenvalue weighted by Gasteiger charge is -2.20. The van der Waals surface area contributed by atoms with Gasteiger partial charge in [0.25, 0.3) is 0 Å². The van der Waals surface area contributed by atoms with Crippen LogP contribution in [0, 0.1) is 6.92 Å². The van der Waals surface area contributed by atoms with E-state index in [0.717, 1.165) is 5.56 Å². The molecule has 20 heavy (non-hydrogen) atoms. The molecule has 0 spiro atoms. The van der Waals surface area contributed by atoms with Gasteiger partial charge >= 0.3 is 0 Å². The predicted octanol–water partition coefficient (Wildman–Crippen LogP) is 4.45. The van der Waals surface area contributed by atoms with Crippen molar-refractivity contribution in [1.29, 1.82) is 0 Å². The standard InChI is InChI=1S/C15H19Cl2N3/c1-9(12-5-6-14(16)15(17)7-12)19-10(2)13-8-18-20(4)11(13)3/h5-10,19H,1-4H3. The SMILES string of the molecule is Cc1c(C(C)NC(C)c2ccc(Cl)c(Cl)c2)cnn1C. The second-order valence-corrected chi connectivity index (χ2v) is 5.91. The number of hydrogen-bond donors (Lipinski definition) is 1. The lowest BCUT2D eigenvalue weighted by atomic mass is 10.0. The average molecular weight is 312 g/mol. The van der Waals surface area contributed by atoms with Crippen molar-refractivity contribution >= 4 is 23.2 Å². The van der Waals surface area contributed by atoms with Crippen LogP contribution >= 0.6 is 23.2 Å². The molecule has 1 aromatic carbocycles. The number of aryl methyl sites for hydroxylation is 1. The van der Waals surface area contributed by atoms with Gasteiger partial charge in [-0.25, -0.2) is 0 Å². The fraction of sp³-hybridized carbons (Fsp3) is 0.400. The van der Waals surface area contributed by atoms with Crippen molar-refractivity contribution in [2.45, 2.75) is 32.9 Å². The molecule has 2 unspecified atom stereocenters. The molecule has 2 rings (SSSR count). The average Bonchev–Trinajstić information content (AvgIpc) is 2.73. The molecule has 0 saturated heterocycles. The fourth-order valence-electron chi connectivity index (χ4n) is 2.28. The first-order valence-electron chi connectivity index (χ1n) is 6.59. The zero-order chi connectivity index (χ0) is 14.9. The molecule has 108 valence electrons. The predicted molar refractivity (Wildman–Crippen MR) is 84.4 cm³/mol. The van der Waals surface area contributed by atoms with Gasteiger partial charge in [-0.3, -0.25) is 4.68 Å². The smallest absolute Gasteiger partial charge is 0.0595 e. The normalized spacial score (nSPS) is 14.3. The molecule has 1 heterocycles. The summed E-state index contributed by atoms with van der Waals surface area (Å²) in [5, 5.41) is 9.01. The minimum absolute atomic E-state index is 0.180. The highest BCUT2D eigenvalue weighted by Crippen LogP contribution is 2.27. The van der Waals surface area contributed by atoms with Crippen LogP contribution in [0.25, 0.3) is 0 Å². The summed E-state index contributed by atoms with van der Waals surface area (Å²) < 4.78 is 1.89. The highest BCUT2D eigenvalue weighted by atomic mass is 35.5. The van der Waals surface area contributed by atoms with E-state index in [1.54, 1.807) is 0 Å². The molecule has 0 amide bonds. The van der Waals surface area contributed by atoms with E-state index >= 15 is 0 Å². The zero-order valence-corrected chi connectivity index (χ0v) is 13.6. The highest BCUT2D eigenvalue weighted by Gasteiger charge is 2.15. The Balaban J connectivity index is 2.12. The Morgan fingerprint density at radius 2 is 1.85 bits per heavy atom. The molecule has 5 heteroatoms. The Bertz CT molecular complexity index is 607. The number of hydrogen-bond acceptors (Lipinski definition) is 2. The van der Waals surface area contributed by atoms with Crippen LogP contribution in [0.5, 0.6) is 0 Å². The van der Waals surface area contributed by atoms with Gasteiger partial charge < -0.3 is 5.32 Å². The number of nitrogens with zero attached hydrogens (tertiary/aromatic N) is 2. The molecule has 0 fully saturated rings. The van der Waals surface area contributed by atoms with E-state index in [1.165, 1.54) is 11.3 Å². The van der Waals surface area contributed by atoms with Gasteiger partial charge in [0.2, 0.25) is 0 Å². The van der Waals surface area contributed by atoms with Crippen LogP contribution in [0.2, 0.25) is 10.0 Å². The molecule has 0 aliphatic carbocycles.